The van der Waals surface area contributed by atoms with Crippen LogP contribution in [-0.4, -0.2) is 24.3 Å². The highest BCUT2D eigenvalue weighted by molar-refractivity contribution is 5.99. The number of rotatable bonds is 8. The molecule has 1 heterocycles. The second kappa shape index (κ2) is 20.3. The van der Waals surface area contributed by atoms with Gasteiger partial charge in [0, 0.05) is 30.8 Å². The van der Waals surface area contributed by atoms with Crippen LogP contribution in [0.5, 0.6) is 0 Å². The molecule has 0 bridgehead atoms. The van der Waals surface area contributed by atoms with Crippen molar-refractivity contribution in [2.75, 3.05) is 13.6 Å². The Morgan fingerprint density at radius 1 is 0.860 bits per heavy atom. The molecule has 3 aromatic carbocycles. The fourth-order valence-electron chi connectivity index (χ4n) is 4.71. The zero-order valence-corrected chi connectivity index (χ0v) is 26.8. The number of nitrogens with two attached hydrogens (primary N) is 2. The van der Waals surface area contributed by atoms with Gasteiger partial charge in [0.25, 0.3) is 0 Å². The average Bonchev–Trinajstić information content (AvgIpc) is 3.02. The summed E-state index contributed by atoms with van der Waals surface area (Å²) in [5.41, 5.74) is 15.1. The summed E-state index contributed by atoms with van der Waals surface area (Å²) in [5, 5.41) is 0. The fraction of sp³-hybridized carbons (Fsp3) is 0.417. The van der Waals surface area contributed by atoms with Gasteiger partial charge in [0.05, 0.1) is 11.3 Å². The molecule has 0 amide bonds. The number of aliphatic imine (C=N–C) groups is 1. The molecule has 4 N–H and O–H groups in total. The molecule has 0 fully saturated rings. The van der Waals surface area contributed by atoms with Crippen LogP contribution in [0, 0.1) is 6.92 Å². The maximum Gasteiger partial charge on any atom is 0.417 e. The number of unbranched alkanes of at least 4 members (excludes halogenated alkanes) is 2. The fourth-order valence-corrected chi connectivity index (χ4v) is 4.71. The number of nitrogens with zero attached hydrogens (tertiary/aromatic N) is 2. The summed E-state index contributed by atoms with van der Waals surface area (Å²) in [7, 11) is 1.50. The second-order valence-corrected chi connectivity index (χ2v) is 9.90. The van der Waals surface area contributed by atoms with E-state index in [4.69, 9.17) is 5.73 Å². The van der Waals surface area contributed by atoms with Crippen LogP contribution in [0.4, 0.5) is 13.2 Å². The molecular weight excluding hydrogens is 545 g/mol. The van der Waals surface area contributed by atoms with Crippen LogP contribution in [-0.2, 0) is 19.1 Å². The average molecular weight is 597 g/mol. The maximum atomic E-state index is 13.6. The number of benzene rings is 3. The standard InChI is InChI=1S/C28H28F3N3.C5H12.C2H6.CH5N/c1-20-10-5-6-13-22(20)18-26-25(16-9-17-34(26)19-21-11-3-2-4-12-21)33-27(32)23-14-7-8-15-24(23)28(29,30)31;1-3-5-4-2;2*1-2/h2-8,10-15H,9,16-19H2,1H3,(H2,32,33);3-5H2,1-2H3;1-2H3;2H2,1H3. The molecule has 4 nitrogen and oxygen atoms in total. The maximum absolute atomic E-state index is 13.6. The Morgan fingerprint density at radius 2 is 1.44 bits per heavy atom. The van der Waals surface area contributed by atoms with Gasteiger partial charge in [0.2, 0.25) is 0 Å². The van der Waals surface area contributed by atoms with E-state index in [0.717, 1.165) is 30.4 Å². The molecule has 7 heteroatoms. The topological polar surface area (TPSA) is 67.6 Å². The van der Waals surface area contributed by atoms with E-state index >= 15 is 0 Å². The lowest BCUT2D eigenvalue weighted by atomic mass is 9.98. The van der Waals surface area contributed by atoms with Crippen molar-refractivity contribution in [2.45, 2.75) is 85.9 Å². The Labute approximate surface area is 257 Å². The quantitative estimate of drug-likeness (QED) is 0.201. The van der Waals surface area contributed by atoms with Gasteiger partial charge in [-0.1, -0.05) is 120 Å². The zero-order chi connectivity index (χ0) is 32.3. The Morgan fingerprint density at radius 3 is 2.02 bits per heavy atom. The number of aryl methyl sites for hydroxylation is 1. The van der Waals surface area contributed by atoms with E-state index in [-0.39, 0.29) is 11.4 Å². The molecule has 0 aliphatic carbocycles. The number of hydrogen-bond acceptors (Lipinski definition) is 3. The number of alkyl halides is 3. The highest BCUT2D eigenvalue weighted by atomic mass is 19.4. The highest BCUT2D eigenvalue weighted by Crippen LogP contribution is 2.33. The van der Waals surface area contributed by atoms with Gasteiger partial charge in [0.15, 0.2) is 0 Å². The number of amidine groups is 1. The van der Waals surface area contributed by atoms with Gasteiger partial charge >= 0.3 is 6.18 Å². The molecular formula is C36H51F3N4. The molecule has 0 radical (unpaired) electrons. The van der Waals surface area contributed by atoms with Crippen molar-refractivity contribution in [3.8, 4) is 0 Å². The first kappa shape index (κ1) is 37.4. The van der Waals surface area contributed by atoms with E-state index in [0.29, 0.717) is 19.4 Å². The highest BCUT2D eigenvalue weighted by Gasteiger charge is 2.34. The van der Waals surface area contributed by atoms with Gasteiger partial charge in [-0.05, 0) is 49.6 Å². The Bertz CT molecular complexity index is 1250. The molecule has 0 unspecified atom stereocenters. The lowest BCUT2D eigenvalue weighted by molar-refractivity contribution is -0.137. The van der Waals surface area contributed by atoms with Crippen LogP contribution in [0.3, 0.4) is 0 Å². The third-order valence-electron chi connectivity index (χ3n) is 6.86. The first-order valence-electron chi connectivity index (χ1n) is 15.4. The van der Waals surface area contributed by atoms with Crippen molar-refractivity contribution in [1.29, 1.82) is 0 Å². The minimum Gasteiger partial charge on any atom is -0.383 e. The van der Waals surface area contributed by atoms with Crippen LogP contribution in [0.25, 0.3) is 0 Å². The summed E-state index contributed by atoms with van der Waals surface area (Å²) >= 11 is 0. The Kier molecular flexibility index (Phi) is 17.7. The third kappa shape index (κ3) is 12.3. The van der Waals surface area contributed by atoms with Crippen molar-refractivity contribution in [2.24, 2.45) is 16.5 Å². The molecule has 1 aliphatic rings. The van der Waals surface area contributed by atoms with E-state index in [1.165, 1.54) is 55.1 Å². The summed E-state index contributed by atoms with van der Waals surface area (Å²) in [6, 6.07) is 23.7. The molecule has 4 rings (SSSR count). The molecule has 236 valence electrons. The Hall–Kier alpha value is -3.58. The van der Waals surface area contributed by atoms with E-state index in [1.807, 2.05) is 44.2 Å². The zero-order valence-electron chi connectivity index (χ0n) is 26.8. The molecule has 43 heavy (non-hydrogen) atoms. The van der Waals surface area contributed by atoms with Crippen molar-refractivity contribution in [3.05, 3.63) is 118 Å². The largest absolute Gasteiger partial charge is 0.417 e. The first-order valence-corrected chi connectivity index (χ1v) is 15.4. The van der Waals surface area contributed by atoms with Crippen LogP contribution < -0.4 is 11.5 Å². The molecule has 0 aromatic heterocycles. The minimum absolute atomic E-state index is 0.0853. The molecule has 0 spiro atoms. The van der Waals surface area contributed by atoms with Crippen LogP contribution >= 0.6 is 0 Å². The van der Waals surface area contributed by atoms with Gasteiger partial charge in [0.1, 0.15) is 5.84 Å². The van der Waals surface area contributed by atoms with E-state index < -0.39 is 11.7 Å². The third-order valence-corrected chi connectivity index (χ3v) is 6.86. The predicted octanol–water partition coefficient (Wildman–Crippen LogP) is 9.27. The van der Waals surface area contributed by atoms with Crippen molar-refractivity contribution in [1.82, 2.24) is 4.90 Å². The van der Waals surface area contributed by atoms with Crippen molar-refractivity contribution < 1.29 is 13.2 Å². The molecule has 3 aromatic rings. The summed E-state index contributed by atoms with van der Waals surface area (Å²) in [5.74, 6) is -0.105. The first-order chi connectivity index (χ1) is 20.7. The van der Waals surface area contributed by atoms with Crippen molar-refractivity contribution in [3.63, 3.8) is 0 Å². The van der Waals surface area contributed by atoms with Crippen LogP contribution in [0.1, 0.15) is 87.6 Å². The smallest absolute Gasteiger partial charge is 0.383 e. The summed E-state index contributed by atoms with van der Waals surface area (Å²) in [6.07, 6.45) is 1.75. The summed E-state index contributed by atoms with van der Waals surface area (Å²) in [4.78, 5) is 6.90. The summed E-state index contributed by atoms with van der Waals surface area (Å²) < 4.78 is 40.7. The van der Waals surface area contributed by atoms with Gasteiger partial charge in [-0.2, -0.15) is 13.2 Å². The molecule has 1 aliphatic heterocycles. The number of halogens is 3. The SMILES string of the molecule is CC.CCCCC.CN.Cc1ccccc1CC1=C(N=C(N)c2ccccc2C(F)(F)F)CCCN1Cc1ccccc1. The molecule has 0 saturated carbocycles. The van der Waals surface area contributed by atoms with Gasteiger partial charge in [-0.15, -0.1) is 0 Å². The lowest BCUT2D eigenvalue weighted by Crippen LogP contribution is -2.30. The van der Waals surface area contributed by atoms with Gasteiger partial charge in [-0.25, -0.2) is 4.99 Å². The summed E-state index contributed by atoms with van der Waals surface area (Å²) in [6.45, 7) is 12.1. The normalized spacial score (nSPS) is 13.2. The van der Waals surface area contributed by atoms with E-state index in [9.17, 15) is 13.2 Å². The van der Waals surface area contributed by atoms with Crippen molar-refractivity contribution >= 4 is 5.84 Å². The van der Waals surface area contributed by atoms with Gasteiger partial charge in [-0.3, -0.25) is 0 Å². The molecule has 0 atom stereocenters. The van der Waals surface area contributed by atoms with Gasteiger partial charge < -0.3 is 16.4 Å². The monoisotopic (exact) mass is 596 g/mol. The number of hydrogen-bond donors (Lipinski definition) is 2. The molecule has 0 saturated heterocycles. The van der Waals surface area contributed by atoms with E-state index in [1.54, 1.807) is 6.07 Å². The van der Waals surface area contributed by atoms with E-state index in [2.05, 4.69) is 60.7 Å². The Balaban J connectivity index is 0.000000917. The van der Waals surface area contributed by atoms with Crippen LogP contribution in [0.2, 0.25) is 0 Å². The predicted molar refractivity (Wildman–Crippen MR) is 177 cm³/mol. The number of allylic oxidation sites excluding steroid dienone is 2. The minimum atomic E-state index is -4.50. The lowest BCUT2D eigenvalue weighted by Gasteiger charge is -2.33. The van der Waals surface area contributed by atoms with Crippen LogP contribution in [0.15, 0.2) is 95.2 Å². The second-order valence-electron chi connectivity index (χ2n) is 9.90.